The predicted molar refractivity (Wildman–Crippen MR) is 66.0 cm³/mol. The fourth-order valence-electron chi connectivity index (χ4n) is 1.91. The summed E-state index contributed by atoms with van der Waals surface area (Å²) in [4.78, 5) is 4.38. The number of hydrogen-bond acceptors (Lipinski definition) is 3. The van der Waals surface area contributed by atoms with E-state index in [1.807, 2.05) is 0 Å². The van der Waals surface area contributed by atoms with Crippen LogP contribution in [-0.4, -0.2) is 14.7 Å². The van der Waals surface area contributed by atoms with Crippen molar-refractivity contribution in [1.82, 2.24) is 14.7 Å². The van der Waals surface area contributed by atoms with Gasteiger partial charge in [-0.3, -0.25) is 0 Å². The molecule has 0 bridgehead atoms. The molecule has 0 aromatic carbocycles. The van der Waals surface area contributed by atoms with Crippen molar-refractivity contribution in [2.24, 2.45) is 0 Å². The average Bonchev–Trinajstić information content (AvgIpc) is 2.82. The lowest BCUT2D eigenvalue weighted by Gasteiger charge is -2.02. The van der Waals surface area contributed by atoms with Gasteiger partial charge in [0.1, 0.15) is 0 Å². The highest BCUT2D eigenvalue weighted by molar-refractivity contribution is 5.29. The van der Waals surface area contributed by atoms with E-state index in [0.717, 1.165) is 24.6 Å². The van der Waals surface area contributed by atoms with Crippen LogP contribution in [0, 0.1) is 20.8 Å². The molecule has 0 unspecified atom stereocenters. The molecule has 0 N–H and O–H groups in total. The summed E-state index contributed by atoms with van der Waals surface area (Å²) >= 11 is 0. The van der Waals surface area contributed by atoms with Gasteiger partial charge in [-0.05, 0) is 38.3 Å². The SMILES string of the molecule is CCCc1nc(Cn2cc(C)c(C)c2C)no1. The molecule has 0 fully saturated rings. The van der Waals surface area contributed by atoms with Gasteiger partial charge < -0.3 is 9.09 Å². The molecule has 0 atom stereocenters. The van der Waals surface area contributed by atoms with E-state index >= 15 is 0 Å². The minimum atomic E-state index is 0.688. The van der Waals surface area contributed by atoms with Crippen LogP contribution in [-0.2, 0) is 13.0 Å². The van der Waals surface area contributed by atoms with Crippen molar-refractivity contribution in [2.45, 2.75) is 47.1 Å². The zero-order valence-corrected chi connectivity index (χ0v) is 10.9. The summed E-state index contributed by atoms with van der Waals surface area (Å²) in [5, 5.41) is 4.00. The van der Waals surface area contributed by atoms with E-state index in [-0.39, 0.29) is 0 Å². The first kappa shape index (κ1) is 11.9. The Balaban J connectivity index is 2.16. The summed E-state index contributed by atoms with van der Waals surface area (Å²) in [5.41, 5.74) is 3.91. The van der Waals surface area contributed by atoms with Crippen molar-refractivity contribution >= 4 is 0 Å². The van der Waals surface area contributed by atoms with Crippen LogP contribution in [0.3, 0.4) is 0 Å². The predicted octanol–water partition coefficient (Wildman–Crippen LogP) is 2.80. The third-order valence-corrected chi connectivity index (χ3v) is 3.20. The monoisotopic (exact) mass is 233 g/mol. The highest BCUT2D eigenvalue weighted by atomic mass is 16.5. The first-order valence-corrected chi connectivity index (χ1v) is 6.06. The topological polar surface area (TPSA) is 43.9 Å². The first-order valence-electron chi connectivity index (χ1n) is 6.06. The van der Waals surface area contributed by atoms with Gasteiger partial charge in [-0.2, -0.15) is 4.98 Å². The molecule has 0 aliphatic carbocycles. The molecular weight excluding hydrogens is 214 g/mol. The quantitative estimate of drug-likeness (QED) is 0.815. The van der Waals surface area contributed by atoms with Crippen LogP contribution in [0.25, 0.3) is 0 Å². The Morgan fingerprint density at radius 1 is 1.29 bits per heavy atom. The Hall–Kier alpha value is -1.58. The van der Waals surface area contributed by atoms with Gasteiger partial charge in [0.25, 0.3) is 0 Å². The molecule has 0 saturated heterocycles. The van der Waals surface area contributed by atoms with Crippen LogP contribution in [0.4, 0.5) is 0 Å². The highest BCUT2D eigenvalue weighted by Gasteiger charge is 2.09. The Morgan fingerprint density at radius 2 is 2.06 bits per heavy atom. The van der Waals surface area contributed by atoms with Gasteiger partial charge >= 0.3 is 0 Å². The number of aromatic nitrogens is 3. The Bertz CT molecular complexity index is 511. The maximum absolute atomic E-state index is 5.18. The smallest absolute Gasteiger partial charge is 0.226 e. The van der Waals surface area contributed by atoms with Crippen LogP contribution < -0.4 is 0 Å². The Labute approximate surface area is 102 Å². The van der Waals surface area contributed by atoms with E-state index in [1.165, 1.54) is 16.8 Å². The molecule has 0 amide bonds. The zero-order valence-electron chi connectivity index (χ0n) is 10.9. The second-order valence-corrected chi connectivity index (χ2v) is 4.50. The van der Waals surface area contributed by atoms with Crippen molar-refractivity contribution < 1.29 is 4.52 Å². The summed E-state index contributed by atoms with van der Waals surface area (Å²) in [5.74, 6) is 1.49. The van der Waals surface area contributed by atoms with Gasteiger partial charge in [-0.25, -0.2) is 0 Å². The molecule has 0 saturated carbocycles. The van der Waals surface area contributed by atoms with Crippen molar-refractivity contribution in [3.63, 3.8) is 0 Å². The lowest BCUT2D eigenvalue weighted by Crippen LogP contribution is -2.02. The lowest BCUT2D eigenvalue weighted by atomic mass is 10.2. The standard InChI is InChI=1S/C13H19N3O/c1-5-6-13-14-12(15-17-13)8-16-7-9(2)10(3)11(16)4/h7H,5-6,8H2,1-4H3. The molecule has 2 heterocycles. The van der Waals surface area contributed by atoms with Gasteiger partial charge in [-0.1, -0.05) is 12.1 Å². The van der Waals surface area contributed by atoms with Crippen LogP contribution in [0.15, 0.2) is 10.7 Å². The van der Waals surface area contributed by atoms with Gasteiger partial charge in [0.15, 0.2) is 5.82 Å². The zero-order chi connectivity index (χ0) is 12.4. The van der Waals surface area contributed by atoms with Crippen LogP contribution in [0.5, 0.6) is 0 Å². The lowest BCUT2D eigenvalue weighted by molar-refractivity contribution is 0.371. The maximum Gasteiger partial charge on any atom is 0.226 e. The van der Waals surface area contributed by atoms with Crippen molar-refractivity contribution in [2.75, 3.05) is 0 Å². The second-order valence-electron chi connectivity index (χ2n) is 4.50. The molecule has 2 aromatic heterocycles. The van der Waals surface area contributed by atoms with Gasteiger partial charge in [0, 0.05) is 18.3 Å². The molecule has 17 heavy (non-hydrogen) atoms. The average molecular weight is 233 g/mol. The normalized spacial score (nSPS) is 11.1. The minimum absolute atomic E-state index is 0.688. The van der Waals surface area contributed by atoms with E-state index in [0.29, 0.717) is 6.54 Å². The van der Waals surface area contributed by atoms with Crippen LogP contribution in [0.2, 0.25) is 0 Å². The van der Waals surface area contributed by atoms with E-state index in [4.69, 9.17) is 4.52 Å². The molecule has 4 nitrogen and oxygen atoms in total. The Kier molecular flexibility index (Phi) is 3.31. The molecule has 4 heteroatoms. The Morgan fingerprint density at radius 3 is 2.65 bits per heavy atom. The maximum atomic E-state index is 5.18. The fraction of sp³-hybridized carbons (Fsp3) is 0.538. The molecular formula is C13H19N3O. The number of aryl methyl sites for hydroxylation is 2. The van der Waals surface area contributed by atoms with Crippen molar-refractivity contribution in [3.8, 4) is 0 Å². The summed E-state index contributed by atoms with van der Waals surface area (Å²) in [6.07, 6.45) is 4.03. The largest absolute Gasteiger partial charge is 0.343 e. The van der Waals surface area contributed by atoms with E-state index < -0.39 is 0 Å². The van der Waals surface area contributed by atoms with Crippen LogP contribution in [0.1, 0.15) is 41.9 Å². The highest BCUT2D eigenvalue weighted by Crippen LogP contribution is 2.15. The fourth-order valence-corrected chi connectivity index (χ4v) is 1.91. The summed E-state index contributed by atoms with van der Waals surface area (Å²) < 4.78 is 7.35. The van der Waals surface area contributed by atoms with Crippen LogP contribution >= 0.6 is 0 Å². The number of nitrogens with zero attached hydrogens (tertiary/aromatic N) is 3. The van der Waals surface area contributed by atoms with Gasteiger partial charge in [-0.15, -0.1) is 0 Å². The van der Waals surface area contributed by atoms with Gasteiger partial charge in [0.2, 0.25) is 5.89 Å². The minimum Gasteiger partial charge on any atom is -0.343 e. The molecule has 2 rings (SSSR count). The molecule has 92 valence electrons. The number of hydrogen-bond donors (Lipinski definition) is 0. The van der Waals surface area contributed by atoms with Crippen molar-refractivity contribution in [3.05, 3.63) is 34.7 Å². The number of rotatable bonds is 4. The van der Waals surface area contributed by atoms with E-state index in [9.17, 15) is 0 Å². The molecule has 2 aromatic rings. The molecule has 0 aliphatic rings. The third-order valence-electron chi connectivity index (χ3n) is 3.20. The summed E-state index contributed by atoms with van der Waals surface area (Å²) in [7, 11) is 0. The van der Waals surface area contributed by atoms with Gasteiger partial charge in [0.05, 0.1) is 6.54 Å². The summed E-state index contributed by atoms with van der Waals surface area (Å²) in [6, 6.07) is 0. The summed E-state index contributed by atoms with van der Waals surface area (Å²) in [6.45, 7) is 9.17. The first-order chi connectivity index (χ1) is 8.11. The molecule has 0 aliphatic heterocycles. The second kappa shape index (κ2) is 4.73. The molecule has 0 radical (unpaired) electrons. The molecule has 0 spiro atoms. The van der Waals surface area contributed by atoms with E-state index in [2.05, 4.69) is 48.6 Å². The third kappa shape index (κ3) is 2.40. The van der Waals surface area contributed by atoms with E-state index in [1.54, 1.807) is 0 Å². The van der Waals surface area contributed by atoms with Crippen molar-refractivity contribution in [1.29, 1.82) is 0 Å².